The average molecular weight is 337 g/mol. The molecule has 1 amide bonds. The van der Waals surface area contributed by atoms with Gasteiger partial charge in [0.05, 0.1) is 18.4 Å². The molecule has 2 aromatic rings. The Hall–Kier alpha value is -3.79. The first-order chi connectivity index (χ1) is 12.0. The van der Waals surface area contributed by atoms with Gasteiger partial charge in [0.2, 0.25) is 0 Å². The lowest BCUT2D eigenvalue weighted by Gasteiger charge is -2.09. The zero-order valence-corrected chi connectivity index (χ0v) is 13.3. The van der Waals surface area contributed by atoms with E-state index in [0.717, 1.165) is 0 Å². The summed E-state index contributed by atoms with van der Waals surface area (Å²) in [4.78, 5) is 24.0. The number of hydrogen-bond acceptors (Lipinski definition) is 6. The highest BCUT2D eigenvalue weighted by atomic mass is 16.5. The predicted molar refractivity (Wildman–Crippen MR) is 91.8 cm³/mol. The molecule has 2 rings (SSSR count). The van der Waals surface area contributed by atoms with Crippen molar-refractivity contribution in [2.24, 2.45) is 0 Å². The number of aromatic hydroxyl groups is 1. The first-order valence-corrected chi connectivity index (χ1v) is 7.19. The molecule has 126 valence electrons. The number of phenols is 1. The van der Waals surface area contributed by atoms with Gasteiger partial charge in [0.15, 0.2) is 0 Å². The summed E-state index contributed by atoms with van der Waals surface area (Å²) >= 11 is 0. The van der Waals surface area contributed by atoms with Crippen LogP contribution in [0.3, 0.4) is 0 Å². The highest BCUT2D eigenvalue weighted by Gasteiger charge is 2.15. The van der Waals surface area contributed by atoms with E-state index >= 15 is 0 Å². The fourth-order valence-electron chi connectivity index (χ4n) is 1.93. The first-order valence-electron chi connectivity index (χ1n) is 7.19. The topological polar surface area (TPSA) is 111 Å². The molecule has 0 unspecified atom stereocenters. The molecule has 7 nitrogen and oxygen atoms in total. The van der Waals surface area contributed by atoms with E-state index in [9.17, 15) is 20.0 Å². The van der Waals surface area contributed by atoms with E-state index in [4.69, 9.17) is 0 Å². The Morgan fingerprint density at radius 2 is 1.84 bits per heavy atom. The SMILES string of the molecule is COC(=O)c1ccccc1NC(=O)/C(C#N)=C\Nc1ccc(O)cc1. The average Bonchev–Trinajstić information content (AvgIpc) is 2.63. The Morgan fingerprint density at radius 1 is 1.16 bits per heavy atom. The van der Waals surface area contributed by atoms with Gasteiger partial charge in [-0.15, -0.1) is 0 Å². The van der Waals surface area contributed by atoms with Crippen molar-refractivity contribution >= 4 is 23.3 Å². The minimum Gasteiger partial charge on any atom is -0.508 e. The second kappa shape index (κ2) is 8.17. The summed E-state index contributed by atoms with van der Waals surface area (Å²) < 4.78 is 4.66. The van der Waals surface area contributed by atoms with Crippen molar-refractivity contribution in [3.63, 3.8) is 0 Å². The summed E-state index contributed by atoms with van der Waals surface area (Å²) in [7, 11) is 1.24. The number of methoxy groups -OCH3 is 1. The van der Waals surface area contributed by atoms with Crippen molar-refractivity contribution in [3.8, 4) is 11.8 Å². The lowest BCUT2D eigenvalue weighted by molar-refractivity contribution is -0.112. The molecule has 0 heterocycles. The number of nitrogens with zero attached hydrogens (tertiary/aromatic N) is 1. The molecule has 0 atom stereocenters. The number of nitrogens with one attached hydrogen (secondary N) is 2. The van der Waals surface area contributed by atoms with Crippen molar-refractivity contribution in [2.45, 2.75) is 0 Å². The van der Waals surface area contributed by atoms with Gasteiger partial charge in [0.1, 0.15) is 17.4 Å². The molecule has 0 aromatic heterocycles. The van der Waals surface area contributed by atoms with Crippen LogP contribution >= 0.6 is 0 Å². The van der Waals surface area contributed by atoms with Crippen molar-refractivity contribution in [2.75, 3.05) is 17.7 Å². The molecule has 0 spiro atoms. The number of phenolic OH excluding ortho intramolecular Hbond substituents is 1. The van der Waals surface area contributed by atoms with E-state index in [-0.39, 0.29) is 22.6 Å². The number of hydrogen-bond donors (Lipinski definition) is 3. The number of para-hydroxylation sites is 1. The fraction of sp³-hybridized carbons (Fsp3) is 0.0556. The summed E-state index contributed by atoms with van der Waals surface area (Å²) in [5.74, 6) is -1.17. The number of esters is 1. The monoisotopic (exact) mass is 337 g/mol. The van der Waals surface area contributed by atoms with Crippen LogP contribution in [0, 0.1) is 11.3 Å². The molecule has 0 aliphatic heterocycles. The normalized spacial score (nSPS) is 10.5. The van der Waals surface area contributed by atoms with Gasteiger partial charge >= 0.3 is 5.97 Å². The van der Waals surface area contributed by atoms with Crippen LogP contribution in [0.4, 0.5) is 11.4 Å². The maximum Gasteiger partial charge on any atom is 0.339 e. The van der Waals surface area contributed by atoms with Gasteiger partial charge in [0, 0.05) is 11.9 Å². The van der Waals surface area contributed by atoms with Gasteiger partial charge in [-0.3, -0.25) is 4.79 Å². The first kappa shape index (κ1) is 17.6. The Balaban J connectivity index is 2.15. The molecular weight excluding hydrogens is 322 g/mol. The minimum atomic E-state index is -0.676. The van der Waals surface area contributed by atoms with Crippen LogP contribution in [0.25, 0.3) is 0 Å². The Bertz CT molecular complexity index is 851. The zero-order chi connectivity index (χ0) is 18.2. The third kappa shape index (κ3) is 4.59. The van der Waals surface area contributed by atoms with Gasteiger partial charge in [-0.2, -0.15) is 5.26 Å². The van der Waals surface area contributed by atoms with Gasteiger partial charge < -0.3 is 20.5 Å². The summed E-state index contributed by atoms with van der Waals surface area (Å²) in [6.45, 7) is 0. The smallest absolute Gasteiger partial charge is 0.339 e. The van der Waals surface area contributed by atoms with Crippen LogP contribution in [-0.4, -0.2) is 24.1 Å². The Morgan fingerprint density at radius 3 is 2.48 bits per heavy atom. The van der Waals surface area contributed by atoms with E-state index in [1.165, 1.54) is 37.6 Å². The van der Waals surface area contributed by atoms with E-state index in [1.54, 1.807) is 30.3 Å². The van der Waals surface area contributed by atoms with Crippen molar-refractivity contribution < 1.29 is 19.4 Å². The molecule has 0 aliphatic carbocycles. The number of benzene rings is 2. The van der Waals surface area contributed by atoms with E-state index in [2.05, 4.69) is 15.4 Å². The third-order valence-electron chi connectivity index (χ3n) is 3.20. The van der Waals surface area contributed by atoms with Crippen molar-refractivity contribution in [1.29, 1.82) is 5.26 Å². The molecule has 0 saturated carbocycles. The van der Waals surface area contributed by atoms with Crippen molar-refractivity contribution in [3.05, 3.63) is 65.9 Å². The highest BCUT2D eigenvalue weighted by Crippen LogP contribution is 2.17. The van der Waals surface area contributed by atoms with Crippen LogP contribution in [0.15, 0.2) is 60.3 Å². The highest BCUT2D eigenvalue weighted by molar-refractivity contribution is 6.09. The maximum atomic E-state index is 12.2. The number of nitriles is 1. The predicted octanol–water partition coefficient (Wildman–Crippen LogP) is 2.64. The molecule has 2 aromatic carbocycles. The van der Waals surface area contributed by atoms with Crippen LogP contribution in [0.2, 0.25) is 0 Å². The fourth-order valence-corrected chi connectivity index (χ4v) is 1.93. The largest absolute Gasteiger partial charge is 0.508 e. The van der Waals surface area contributed by atoms with E-state index in [0.29, 0.717) is 5.69 Å². The third-order valence-corrected chi connectivity index (χ3v) is 3.20. The number of carbonyl (C=O) groups is 2. The number of ether oxygens (including phenoxy) is 1. The van der Waals surface area contributed by atoms with Crippen LogP contribution < -0.4 is 10.6 Å². The van der Waals surface area contributed by atoms with Crippen LogP contribution in [0.5, 0.6) is 5.75 Å². The van der Waals surface area contributed by atoms with Gasteiger partial charge in [-0.25, -0.2) is 4.79 Å². The second-order valence-corrected chi connectivity index (χ2v) is 4.85. The standard InChI is InChI=1S/C18H15N3O4/c1-25-18(24)15-4-2-3-5-16(15)21-17(23)12(10-19)11-20-13-6-8-14(22)9-7-13/h2-9,11,20,22H,1H3,(H,21,23)/b12-11-. The lowest BCUT2D eigenvalue weighted by Crippen LogP contribution is -2.17. The Kier molecular flexibility index (Phi) is 5.74. The van der Waals surface area contributed by atoms with E-state index < -0.39 is 11.9 Å². The molecule has 0 aliphatic rings. The van der Waals surface area contributed by atoms with Gasteiger partial charge in [0.25, 0.3) is 5.91 Å². The molecule has 0 fully saturated rings. The minimum absolute atomic E-state index is 0.104. The molecular formula is C18H15N3O4. The number of amides is 1. The van der Waals surface area contributed by atoms with Crippen LogP contribution in [-0.2, 0) is 9.53 Å². The summed E-state index contributed by atoms with van der Waals surface area (Å²) in [5, 5.41) is 23.7. The number of rotatable bonds is 5. The maximum absolute atomic E-state index is 12.2. The Labute approximate surface area is 144 Å². The summed E-state index contributed by atoms with van der Waals surface area (Å²) in [5.41, 5.74) is 0.827. The van der Waals surface area contributed by atoms with Gasteiger partial charge in [-0.1, -0.05) is 12.1 Å². The summed E-state index contributed by atoms with van der Waals surface area (Å²) in [6, 6.07) is 14.2. The second-order valence-electron chi connectivity index (χ2n) is 4.85. The number of carbonyl (C=O) groups excluding carboxylic acids is 2. The van der Waals surface area contributed by atoms with Crippen molar-refractivity contribution in [1.82, 2.24) is 0 Å². The lowest BCUT2D eigenvalue weighted by atomic mass is 10.1. The van der Waals surface area contributed by atoms with E-state index in [1.807, 2.05) is 0 Å². The molecule has 3 N–H and O–H groups in total. The van der Waals surface area contributed by atoms with Crippen LogP contribution in [0.1, 0.15) is 10.4 Å². The molecule has 0 bridgehead atoms. The molecule has 0 saturated heterocycles. The molecule has 0 radical (unpaired) electrons. The van der Waals surface area contributed by atoms with Gasteiger partial charge in [-0.05, 0) is 36.4 Å². The molecule has 7 heteroatoms. The summed E-state index contributed by atoms with van der Waals surface area (Å²) in [6.07, 6.45) is 1.24. The molecule has 25 heavy (non-hydrogen) atoms. The zero-order valence-electron chi connectivity index (χ0n) is 13.3. The quantitative estimate of drug-likeness (QED) is 0.335. The number of anilines is 2.